The Morgan fingerprint density at radius 2 is 2.21 bits per heavy atom. The first-order chi connectivity index (χ1) is 14.0. The van der Waals surface area contributed by atoms with Crippen LogP contribution in [-0.2, 0) is 20.9 Å². The number of anilines is 1. The number of halogens is 1. The first-order valence-corrected chi connectivity index (χ1v) is 8.70. The van der Waals surface area contributed by atoms with Crippen molar-refractivity contribution in [1.29, 1.82) is 0 Å². The maximum atomic E-state index is 12.1. The van der Waals surface area contributed by atoms with Gasteiger partial charge in [-0.05, 0) is 22.4 Å². The van der Waals surface area contributed by atoms with Gasteiger partial charge in [-0.3, -0.25) is 4.79 Å². The normalized spacial score (nSPS) is 16.0. The molecule has 1 aliphatic heterocycles. The topological polar surface area (TPSA) is 147 Å². The van der Waals surface area contributed by atoms with E-state index >= 15 is 0 Å². The minimum Gasteiger partial charge on any atom is -0.444 e. The van der Waals surface area contributed by atoms with Gasteiger partial charge >= 0.3 is 0 Å². The molecule has 0 saturated heterocycles. The first-order valence-electron chi connectivity index (χ1n) is 8.32. The van der Waals surface area contributed by atoms with E-state index in [1.54, 1.807) is 24.3 Å². The number of aromatic nitrogens is 5. The lowest BCUT2D eigenvalue weighted by molar-refractivity contribution is -0.135. The molecular weight excluding hydrogens is 404 g/mol. The molecule has 0 bridgehead atoms. The van der Waals surface area contributed by atoms with Crippen LogP contribution in [0.1, 0.15) is 30.1 Å². The number of carbonyl (C=O) groups is 1. The van der Waals surface area contributed by atoms with Crippen LogP contribution < -0.4 is 5.73 Å². The van der Waals surface area contributed by atoms with E-state index in [1.807, 2.05) is 0 Å². The minimum atomic E-state index is -0.805. The Bertz CT molecular complexity index is 1090. The molecule has 1 aliphatic rings. The Labute approximate surface area is 168 Å². The molecule has 1 amide bonds. The van der Waals surface area contributed by atoms with E-state index in [9.17, 15) is 4.79 Å². The Kier molecular flexibility index (Phi) is 4.86. The van der Waals surface area contributed by atoms with E-state index < -0.39 is 6.23 Å². The lowest BCUT2D eigenvalue weighted by Crippen LogP contribution is -2.25. The number of methoxy groups -OCH3 is 1. The summed E-state index contributed by atoms with van der Waals surface area (Å²) in [6.45, 7) is 1.46. The van der Waals surface area contributed by atoms with E-state index in [0.29, 0.717) is 16.3 Å². The molecule has 0 spiro atoms. The van der Waals surface area contributed by atoms with Crippen LogP contribution in [-0.4, -0.2) is 49.2 Å². The summed E-state index contributed by atoms with van der Waals surface area (Å²) in [5, 5.41) is 21.4. The van der Waals surface area contributed by atoms with Gasteiger partial charge < -0.3 is 15.2 Å². The monoisotopic (exact) mass is 418 g/mol. The van der Waals surface area contributed by atoms with Crippen molar-refractivity contribution in [3.05, 3.63) is 46.2 Å². The molecule has 4 rings (SSSR count). The van der Waals surface area contributed by atoms with Gasteiger partial charge in [0.1, 0.15) is 5.69 Å². The van der Waals surface area contributed by atoms with Crippen molar-refractivity contribution in [3.8, 4) is 5.82 Å². The molecule has 3 heterocycles. The molecule has 0 saturated carbocycles. The molecule has 1 unspecified atom stereocenters. The highest BCUT2D eigenvalue weighted by atomic mass is 35.5. The molecule has 13 heteroatoms. The fourth-order valence-electron chi connectivity index (χ4n) is 2.78. The minimum absolute atomic E-state index is 0.0234. The second kappa shape index (κ2) is 7.48. The molecule has 150 valence electrons. The third kappa shape index (κ3) is 3.39. The summed E-state index contributed by atoms with van der Waals surface area (Å²) in [4.78, 5) is 12.1. The van der Waals surface area contributed by atoms with Gasteiger partial charge in [0.2, 0.25) is 23.8 Å². The summed E-state index contributed by atoms with van der Waals surface area (Å²) >= 11 is 6.07. The molecular formula is C16H15ClN8O4. The summed E-state index contributed by atoms with van der Waals surface area (Å²) < 4.78 is 17.1. The molecule has 2 aromatic heterocycles. The third-order valence-corrected chi connectivity index (χ3v) is 4.28. The smallest absolute Gasteiger partial charge is 0.263 e. The van der Waals surface area contributed by atoms with Gasteiger partial charge in [-0.1, -0.05) is 28.9 Å². The number of hydrogen-bond acceptors (Lipinski definition) is 10. The molecule has 12 nitrogen and oxygen atoms in total. The SMILES string of the molecule is COCc1c(C2=NN(C(C)=O)C(c3cccc(Cl)c3)O2)nnn1-c1nonc1N. The number of ether oxygens (including phenoxy) is 2. The fourth-order valence-corrected chi connectivity index (χ4v) is 2.98. The van der Waals surface area contributed by atoms with Crippen molar-refractivity contribution in [2.24, 2.45) is 5.10 Å². The van der Waals surface area contributed by atoms with Gasteiger partial charge in [-0.15, -0.1) is 10.2 Å². The van der Waals surface area contributed by atoms with Crippen LogP contribution in [0.15, 0.2) is 34.0 Å². The molecule has 0 fully saturated rings. The quantitative estimate of drug-likeness (QED) is 0.646. The molecule has 29 heavy (non-hydrogen) atoms. The summed E-state index contributed by atoms with van der Waals surface area (Å²) in [5.41, 5.74) is 7.09. The average molecular weight is 419 g/mol. The number of nitrogens with zero attached hydrogens (tertiary/aromatic N) is 7. The van der Waals surface area contributed by atoms with Gasteiger partial charge in [-0.25, -0.2) is 4.63 Å². The Hall–Kier alpha value is -3.51. The van der Waals surface area contributed by atoms with Gasteiger partial charge in [0, 0.05) is 24.6 Å². The zero-order valence-electron chi connectivity index (χ0n) is 15.3. The van der Waals surface area contributed by atoms with Gasteiger partial charge in [0.25, 0.3) is 5.90 Å². The Morgan fingerprint density at radius 1 is 1.38 bits per heavy atom. The summed E-state index contributed by atoms with van der Waals surface area (Å²) in [7, 11) is 1.50. The van der Waals surface area contributed by atoms with E-state index in [2.05, 4.69) is 30.4 Å². The van der Waals surface area contributed by atoms with E-state index in [4.69, 9.17) is 26.8 Å². The molecule has 1 atom stereocenters. The number of nitrogens with two attached hydrogens (primary N) is 1. The largest absolute Gasteiger partial charge is 0.444 e. The lowest BCUT2D eigenvalue weighted by Gasteiger charge is -2.19. The number of hydrogen-bond donors (Lipinski definition) is 1. The number of nitrogen functional groups attached to an aromatic ring is 1. The maximum Gasteiger partial charge on any atom is 0.263 e. The van der Waals surface area contributed by atoms with Crippen molar-refractivity contribution >= 4 is 29.2 Å². The number of amides is 1. The molecule has 2 N–H and O–H groups in total. The van der Waals surface area contributed by atoms with Crippen molar-refractivity contribution in [3.63, 3.8) is 0 Å². The lowest BCUT2D eigenvalue weighted by atomic mass is 10.2. The van der Waals surface area contributed by atoms with E-state index in [-0.39, 0.29) is 35.7 Å². The van der Waals surface area contributed by atoms with Gasteiger partial charge in [-0.2, -0.15) is 9.69 Å². The highest BCUT2D eigenvalue weighted by Gasteiger charge is 2.36. The standard InChI is InChI=1S/C16H15ClN8O4/c1-8(26)24-16(9-4-3-5-10(17)6-9)28-15(20-24)12-11(7-27-2)25(23-19-12)14-13(18)21-29-22-14/h3-6,16H,7H2,1-2H3,(H2,18,21). The maximum absolute atomic E-state index is 12.1. The highest BCUT2D eigenvalue weighted by molar-refractivity contribution is 6.30. The molecule has 1 aromatic carbocycles. The number of hydrazone groups is 1. The molecule has 3 aromatic rings. The summed E-state index contributed by atoms with van der Waals surface area (Å²) in [5.74, 6) is -0.0754. The van der Waals surface area contributed by atoms with Crippen LogP contribution in [0.5, 0.6) is 0 Å². The Balaban J connectivity index is 1.75. The van der Waals surface area contributed by atoms with E-state index in [0.717, 1.165) is 0 Å². The molecule has 0 aliphatic carbocycles. The Morgan fingerprint density at radius 3 is 2.86 bits per heavy atom. The second-order valence-corrected chi connectivity index (χ2v) is 6.43. The predicted octanol–water partition coefficient (Wildman–Crippen LogP) is 1.27. The first kappa shape index (κ1) is 18.8. The molecule has 0 radical (unpaired) electrons. The summed E-state index contributed by atoms with van der Waals surface area (Å²) in [6.07, 6.45) is -0.805. The zero-order chi connectivity index (χ0) is 20.5. The fraction of sp³-hybridized carbons (Fsp3) is 0.250. The number of benzene rings is 1. The van der Waals surface area contributed by atoms with Crippen LogP contribution in [0, 0.1) is 0 Å². The van der Waals surface area contributed by atoms with Gasteiger partial charge in [0.05, 0.1) is 6.61 Å². The van der Waals surface area contributed by atoms with Gasteiger partial charge in [0.15, 0.2) is 5.69 Å². The highest BCUT2D eigenvalue weighted by Crippen LogP contribution is 2.32. The van der Waals surface area contributed by atoms with Crippen molar-refractivity contribution in [2.45, 2.75) is 19.8 Å². The van der Waals surface area contributed by atoms with Crippen molar-refractivity contribution < 1.29 is 18.9 Å². The number of rotatable bonds is 5. The van der Waals surface area contributed by atoms with Crippen molar-refractivity contribution in [1.82, 2.24) is 30.3 Å². The van der Waals surface area contributed by atoms with Crippen molar-refractivity contribution in [2.75, 3.05) is 12.8 Å². The summed E-state index contributed by atoms with van der Waals surface area (Å²) in [6, 6.07) is 6.94. The van der Waals surface area contributed by atoms with Crippen LogP contribution in [0.3, 0.4) is 0 Å². The average Bonchev–Trinajstić information content (AvgIpc) is 3.40. The van der Waals surface area contributed by atoms with E-state index in [1.165, 1.54) is 23.7 Å². The number of carbonyl (C=O) groups excluding carboxylic acids is 1. The van der Waals surface area contributed by atoms with Crippen LogP contribution >= 0.6 is 11.6 Å². The van der Waals surface area contributed by atoms with Crippen LogP contribution in [0.4, 0.5) is 5.82 Å². The third-order valence-electron chi connectivity index (χ3n) is 4.04. The predicted molar refractivity (Wildman–Crippen MR) is 98.7 cm³/mol. The van der Waals surface area contributed by atoms with Crippen LogP contribution in [0.2, 0.25) is 5.02 Å². The van der Waals surface area contributed by atoms with Crippen LogP contribution in [0.25, 0.3) is 5.82 Å². The second-order valence-electron chi connectivity index (χ2n) is 6.00. The zero-order valence-corrected chi connectivity index (χ0v) is 16.1.